The number of ether oxygens (including phenoxy) is 2. The molecule has 3 rings (SSSR count). The van der Waals surface area contributed by atoms with Crippen molar-refractivity contribution < 1.29 is 24.2 Å². The summed E-state index contributed by atoms with van der Waals surface area (Å²) in [6.07, 6.45) is 0.452. The minimum Gasteiger partial charge on any atom is -0.504 e. The molecule has 0 unspecified atom stereocenters. The monoisotopic (exact) mass is 483 g/mol. The van der Waals surface area contributed by atoms with E-state index in [1.807, 2.05) is 47.9 Å². The van der Waals surface area contributed by atoms with Crippen LogP contribution < -0.4 is 4.74 Å². The van der Waals surface area contributed by atoms with Crippen LogP contribution in [0.3, 0.4) is 0 Å². The number of hydrogen-bond acceptors (Lipinski definition) is 6. The SMILES string of the molecule is CCN(CC)C(=O)CO[C@H]1CN(Cc2ccc(OC)c(O)c2)CC(=O)N(CCc2ccccc2)C1. The van der Waals surface area contributed by atoms with Gasteiger partial charge in [-0.25, -0.2) is 0 Å². The van der Waals surface area contributed by atoms with E-state index >= 15 is 0 Å². The minimum absolute atomic E-state index is 0.00970. The highest BCUT2D eigenvalue weighted by molar-refractivity contribution is 5.79. The maximum atomic E-state index is 13.2. The number of benzene rings is 2. The van der Waals surface area contributed by atoms with Gasteiger partial charge >= 0.3 is 0 Å². The molecule has 1 saturated heterocycles. The Morgan fingerprint density at radius 2 is 1.83 bits per heavy atom. The van der Waals surface area contributed by atoms with Gasteiger partial charge in [-0.3, -0.25) is 14.5 Å². The fraction of sp³-hybridized carbons (Fsp3) is 0.481. The van der Waals surface area contributed by atoms with Gasteiger partial charge < -0.3 is 24.4 Å². The number of phenolic OH excluding ortho intramolecular Hbond substituents is 1. The van der Waals surface area contributed by atoms with E-state index in [2.05, 4.69) is 12.1 Å². The third kappa shape index (κ3) is 7.70. The molecular weight excluding hydrogens is 446 g/mol. The Morgan fingerprint density at radius 3 is 2.49 bits per heavy atom. The summed E-state index contributed by atoms with van der Waals surface area (Å²) < 4.78 is 11.2. The van der Waals surface area contributed by atoms with E-state index in [9.17, 15) is 14.7 Å². The Kier molecular flexibility index (Phi) is 9.93. The third-order valence-corrected chi connectivity index (χ3v) is 6.32. The van der Waals surface area contributed by atoms with Crippen LogP contribution in [0.4, 0.5) is 0 Å². The predicted molar refractivity (Wildman–Crippen MR) is 134 cm³/mol. The lowest BCUT2D eigenvalue weighted by atomic mass is 10.1. The van der Waals surface area contributed by atoms with Crippen LogP contribution in [0, 0.1) is 0 Å². The van der Waals surface area contributed by atoms with E-state index in [4.69, 9.17) is 9.47 Å². The number of methoxy groups -OCH3 is 1. The van der Waals surface area contributed by atoms with Crippen LogP contribution in [0.15, 0.2) is 48.5 Å². The van der Waals surface area contributed by atoms with E-state index in [0.29, 0.717) is 45.0 Å². The van der Waals surface area contributed by atoms with Gasteiger partial charge in [-0.05, 0) is 43.5 Å². The molecule has 0 saturated carbocycles. The smallest absolute Gasteiger partial charge is 0.248 e. The zero-order valence-corrected chi connectivity index (χ0v) is 21.0. The van der Waals surface area contributed by atoms with Crippen LogP contribution in [0.2, 0.25) is 0 Å². The lowest BCUT2D eigenvalue weighted by Crippen LogP contribution is -2.41. The number of likely N-dealkylation sites (N-methyl/N-ethyl adjacent to an activating group) is 1. The van der Waals surface area contributed by atoms with Crippen molar-refractivity contribution in [2.45, 2.75) is 32.9 Å². The number of amides is 2. The lowest BCUT2D eigenvalue weighted by Gasteiger charge is -2.26. The largest absolute Gasteiger partial charge is 0.504 e. The van der Waals surface area contributed by atoms with Crippen molar-refractivity contribution in [1.29, 1.82) is 0 Å². The zero-order valence-electron chi connectivity index (χ0n) is 21.0. The fourth-order valence-corrected chi connectivity index (χ4v) is 4.35. The first-order chi connectivity index (χ1) is 16.9. The van der Waals surface area contributed by atoms with Gasteiger partial charge in [-0.15, -0.1) is 0 Å². The second-order valence-corrected chi connectivity index (χ2v) is 8.75. The maximum absolute atomic E-state index is 13.2. The van der Waals surface area contributed by atoms with Crippen molar-refractivity contribution in [3.8, 4) is 11.5 Å². The highest BCUT2D eigenvalue weighted by Crippen LogP contribution is 2.27. The van der Waals surface area contributed by atoms with Gasteiger partial charge in [0, 0.05) is 39.3 Å². The second-order valence-electron chi connectivity index (χ2n) is 8.75. The van der Waals surface area contributed by atoms with Crippen molar-refractivity contribution in [2.24, 2.45) is 0 Å². The summed E-state index contributed by atoms with van der Waals surface area (Å²) in [6, 6.07) is 15.3. The molecule has 190 valence electrons. The first-order valence-corrected chi connectivity index (χ1v) is 12.2. The summed E-state index contributed by atoms with van der Waals surface area (Å²) in [5.74, 6) is 0.449. The maximum Gasteiger partial charge on any atom is 0.248 e. The van der Waals surface area contributed by atoms with Crippen LogP contribution in [-0.4, -0.2) is 90.7 Å². The molecule has 2 amide bonds. The van der Waals surface area contributed by atoms with Gasteiger partial charge in [0.2, 0.25) is 11.8 Å². The van der Waals surface area contributed by atoms with Crippen LogP contribution in [0.5, 0.6) is 11.5 Å². The highest BCUT2D eigenvalue weighted by atomic mass is 16.5. The van der Waals surface area contributed by atoms with Crippen LogP contribution >= 0.6 is 0 Å². The molecule has 1 aliphatic heterocycles. The molecule has 35 heavy (non-hydrogen) atoms. The molecule has 2 aromatic carbocycles. The summed E-state index contributed by atoms with van der Waals surface area (Å²) in [4.78, 5) is 31.3. The van der Waals surface area contributed by atoms with Crippen molar-refractivity contribution in [3.05, 3.63) is 59.7 Å². The van der Waals surface area contributed by atoms with Gasteiger partial charge in [0.25, 0.3) is 0 Å². The zero-order chi connectivity index (χ0) is 25.2. The molecule has 1 N–H and O–H groups in total. The van der Waals surface area contributed by atoms with Gasteiger partial charge in [-0.2, -0.15) is 0 Å². The molecule has 0 aliphatic carbocycles. The van der Waals surface area contributed by atoms with Gasteiger partial charge in [-0.1, -0.05) is 36.4 Å². The van der Waals surface area contributed by atoms with Crippen LogP contribution in [0.1, 0.15) is 25.0 Å². The number of aromatic hydroxyl groups is 1. The number of phenols is 1. The Morgan fingerprint density at radius 1 is 1.09 bits per heavy atom. The summed E-state index contributed by atoms with van der Waals surface area (Å²) in [5, 5.41) is 10.2. The number of carbonyl (C=O) groups excluding carboxylic acids is 2. The van der Waals surface area contributed by atoms with Crippen LogP contribution in [-0.2, 0) is 27.3 Å². The summed E-state index contributed by atoms with van der Waals surface area (Å²) in [7, 11) is 1.51. The van der Waals surface area contributed by atoms with Crippen LogP contribution in [0.25, 0.3) is 0 Å². The molecule has 1 atom stereocenters. The Hall–Kier alpha value is -3.10. The Labute approximate surface area is 208 Å². The summed E-state index contributed by atoms with van der Waals surface area (Å²) in [5.41, 5.74) is 2.04. The topological polar surface area (TPSA) is 82.5 Å². The molecule has 0 aromatic heterocycles. The van der Waals surface area contributed by atoms with E-state index < -0.39 is 0 Å². The molecule has 8 nitrogen and oxygen atoms in total. The lowest BCUT2D eigenvalue weighted by molar-refractivity contribution is -0.138. The van der Waals surface area contributed by atoms with Crippen molar-refractivity contribution in [1.82, 2.24) is 14.7 Å². The van der Waals surface area contributed by atoms with E-state index in [-0.39, 0.29) is 36.8 Å². The molecule has 1 heterocycles. The number of nitrogens with zero attached hydrogens (tertiary/aromatic N) is 3. The number of rotatable bonds is 11. The quantitative estimate of drug-likeness (QED) is 0.529. The standard InChI is InChI=1S/C27H37N3O5/c1-4-29(5-2)27(33)20-35-23-17-28(16-22-11-12-25(34-3)24(31)15-22)19-26(32)30(18-23)14-13-21-9-7-6-8-10-21/h6-12,15,23,31H,4-5,13-14,16-20H2,1-3H3/t23-/m0/s1. The second kappa shape index (κ2) is 13.1. The molecule has 0 spiro atoms. The average molecular weight is 484 g/mol. The Bertz CT molecular complexity index is 965. The molecule has 2 aromatic rings. The molecule has 8 heteroatoms. The molecule has 0 bridgehead atoms. The first kappa shape index (κ1) is 26.5. The molecule has 0 radical (unpaired) electrons. The van der Waals surface area contributed by atoms with Gasteiger partial charge in [0.05, 0.1) is 19.8 Å². The number of hydrogen-bond donors (Lipinski definition) is 1. The van der Waals surface area contributed by atoms with Crippen molar-refractivity contribution >= 4 is 11.8 Å². The normalized spacial score (nSPS) is 16.7. The van der Waals surface area contributed by atoms with E-state index in [1.54, 1.807) is 17.0 Å². The van der Waals surface area contributed by atoms with E-state index in [0.717, 1.165) is 12.0 Å². The van der Waals surface area contributed by atoms with Gasteiger partial charge in [0.1, 0.15) is 6.61 Å². The molecule has 1 aliphatic rings. The Balaban J connectivity index is 1.71. The predicted octanol–water partition coefficient (Wildman–Crippen LogP) is 2.54. The average Bonchev–Trinajstić information content (AvgIpc) is 3.00. The fourth-order valence-electron chi connectivity index (χ4n) is 4.35. The van der Waals surface area contributed by atoms with Crippen molar-refractivity contribution in [2.75, 3.05) is 53.0 Å². The summed E-state index contributed by atoms with van der Waals surface area (Å²) in [6.45, 7) is 7.40. The third-order valence-electron chi connectivity index (χ3n) is 6.32. The first-order valence-electron chi connectivity index (χ1n) is 12.2. The summed E-state index contributed by atoms with van der Waals surface area (Å²) >= 11 is 0. The molecule has 1 fully saturated rings. The highest BCUT2D eigenvalue weighted by Gasteiger charge is 2.29. The van der Waals surface area contributed by atoms with Crippen molar-refractivity contribution in [3.63, 3.8) is 0 Å². The molecular formula is C27H37N3O5. The number of carbonyl (C=O) groups is 2. The minimum atomic E-state index is -0.302. The van der Waals surface area contributed by atoms with E-state index in [1.165, 1.54) is 12.7 Å². The van der Waals surface area contributed by atoms with Gasteiger partial charge in [0.15, 0.2) is 11.5 Å².